The summed E-state index contributed by atoms with van der Waals surface area (Å²) in [6.45, 7) is 1.47. The standard InChI is InChI=1S/C19H25NO7/c1-12(15(17(22)25-2)18(23)26-3)16(19(24)27-4)20-14(21)11-10-13-8-6-5-7-9-13/h5-9,12,15-16H,10-11H2,1-4H3,(H,20,21)/t12-,16-/m1/s1. The molecule has 0 heterocycles. The van der Waals surface area contributed by atoms with Crippen molar-refractivity contribution in [2.45, 2.75) is 25.8 Å². The van der Waals surface area contributed by atoms with Gasteiger partial charge in [0.05, 0.1) is 21.3 Å². The maximum absolute atomic E-state index is 12.3. The highest BCUT2D eigenvalue weighted by Gasteiger charge is 2.42. The Hall–Kier alpha value is -2.90. The third-order valence-electron chi connectivity index (χ3n) is 4.22. The fourth-order valence-electron chi connectivity index (χ4n) is 2.65. The number of benzene rings is 1. The fourth-order valence-corrected chi connectivity index (χ4v) is 2.65. The van der Waals surface area contributed by atoms with Crippen molar-refractivity contribution >= 4 is 23.8 Å². The van der Waals surface area contributed by atoms with Crippen molar-refractivity contribution in [1.82, 2.24) is 5.32 Å². The summed E-state index contributed by atoms with van der Waals surface area (Å²) in [6, 6.07) is 8.17. The van der Waals surface area contributed by atoms with Gasteiger partial charge in [-0.25, -0.2) is 4.79 Å². The third kappa shape index (κ3) is 6.40. The van der Waals surface area contributed by atoms with E-state index < -0.39 is 41.7 Å². The van der Waals surface area contributed by atoms with Crippen molar-refractivity contribution in [3.05, 3.63) is 35.9 Å². The van der Waals surface area contributed by atoms with E-state index >= 15 is 0 Å². The van der Waals surface area contributed by atoms with Gasteiger partial charge in [0.1, 0.15) is 6.04 Å². The van der Waals surface area contributed by atoms with Crippen LogP contribution >= 0.6 is 0 Å². The normalized spacial score (nSPS) is 12.6. The first-order valence-corrected chi connectivity index (χ1v) is 8.42. The number of nitrogens with one attached hydrogen (secondary N) is 1. The van der Waals surface area contributed by atoms with Gasteiger partial charge in [-0.2, -0.15) is 0 Å². The molecule has 0 spiro atoms. The van der Waals surface area contributed by atoms with E-state index in [1.165, 1.54) is 6.92 Å². The quantitative estimate of drug-likeness (QED) is 0.385. The lowest BCUT2D eigenvalue weighted by molar-refractivity contribution is -0.163. The number of esters is 3. The van der Waals surface area contributed by atoms with Crippen LogP contribution < -0.4 is 5.32 Å². The highest BCUT2D eigenvalue weighted by Crippen LogP contribution is 2.20. The minimum absolute atomic E-state index is 0.130. The van der Waals surface area contributed by atoms with E-state index in [0.717, 1.165) is 26.9 Å². The van der Waals surface area contributed by atoms with Crippen LogP contribution in [0.4, 0.5) is 0 Å². The zero-order valence-corrected chi connectivity index (χ0v) is 15.9. The SMILES string of the molecule is COC(=O)C(C(=O)OC)[C@@H](C)[C@@H](NC(=O)CCc1ccccc1)C(=O)OC. The fraction of sp³-hybridized carbons (Fsp3) is 0.474. The third-order valence-corrected chi connectivity index (χ3v) is 4.22. The Morgan fingerprint density at radius 1 is 0.889 bits per heavy atom. The van der Waals surface area contributed by atoms with Crippen molar-refractivity contribution in [1.29, 1.82) is 0 Å². The Bertz CT molecular complexity index is 643. The lowest BCUT2D eigenvalue weighted by Crippen LogP contribution is -2.51. The van der Waals surface area contributed by atoms with Gasteiger partial charge in [-0.05, 0) is 12.0 Å². The van der Waals surface area contributed by atoms with Crippen LogP contribution in [0.15, 0.2) is 30.3 Å². The zero-order valence-electron chi connectivity index (χ0n) is 15.9. The second-order valence-electron chi connectivity index (χ2n) is 5.94. The molecule has 0 aliphatic carbocycles. The van der Waals surface area contributed by atoms with E-state index in [1.54, 1.807) is 0 Å². The summed E-state index contributed by atoms with van der Waals surface area (Å²) in [5, 5.41) is 2.55. The van der Waals surface area contributed by atoms with Crippen LogP contribution in [-0.2, 0) is 39.8 Å². The highest BCUT2D eigenvalue weighted by molar-refractivity contribution is 5.96. The van der Waals surface area contributed by atoms with Crippen LogP contribution in [0.1, 0.15) is 18.9 Å². The minimum Gasteiger partial charge on any atom is -0.468 e. The molecule has 1 amide bonds. The second-order valence-corrected chi connectivity index (χ2v) is 5.94. The van der Waals surface area contributed by atoms with Gasteiger partial charge in [-0.15, -0.1) is 0 Å². The van der Waals surface area contributed by atoms with Crippen LogP contribution in [0.3, 0.4) is 0 Å². The predicted octanol–water partition coefficient (Wildman–Crippen LogP) is 0.875. The molecule has 1 aromatic rings. The van der Waals surface area contributed by atoms with Gasteiger partial charge in [0.15, 0.2) is 5.92 Å². The maximum atomic E-state index is 12.3. The van der Waals surface area contributed by atoms with Crippen LogP contribution in [0.2, 0.25) is 0 Å². The van der Waals surface area contributed by atoms with E-state index in [-0.39, 0.29) is 6.42 Å². The van der Waals surface area contributed by atoms with Crippen molar-refractivity contribution in [3.8, 4) is 0 Å². The number of amides is 1. The van der Waals surface area contributed by atoms with Gasteiger partial charge in [-0.3, -0.25) is 14.4 Å². The maximum Gasteiger partial charge on any atom is 0.328 e. The van der Waals surface area contributed by atoms with Crippen LogP contribution in [0, 0.1) is 11.8 Å². The van der Waals surface area contributed by atoms with Gasteiger partial charge in [-0.1, -0.05) is 37.3 Å². The molecule has 8 nitrogen and oxygen atoms in total. The van der Waals surface area contributed by atoms with Gasteiger partial charge in [0.25, 0.3) is 0 Å². The van der Waals surface area contributed by atoms with Gasteiger partial charge < -0.3 is 19.5 Å². The summed E-state index contributed by atoms with van der Waals surface area (Å²) in [7, 11) is 3.40. The average molecular weight is 379 g/mol. The number of hydrogen-bond acceptors (Lipinski definition) is 7. The number of aryl methyl sites for hydroxylation is 1. The van der Waals surface area contributed by atoms with E-state index in [4.69, 9.17) is 4.74 Å². The average Bonchev–Trinajstić information content (AvgIpc) is 2.70. The largest absolute Gasteiger partial charge is 0.468 e. The summed E-state index contributed by atoms with van der Waals surface area (Å²) in [6.07, 6.45) is 0.609. The molecule has 0 bridgehead atoms. The molecule has 1 N–H and O–H groups in total. The van der Waals surface area contributed by atoms with E-state index in [2.05, 4.69) is 14.8 Å². The van der Waals surface area contributed by atoms with E-state index in [9.17, 15) is 19.2 Å². The molecule has 0 saturated heterocycles. The smallest absolute Gasteiger partial charge is 0.328 e. The molecule has 148 valence electrons. The molecule has 27 heavy (non-hydrogen) atoms. The van der Waals surface area contributed by atoms with Crippen molar-refractivity contribution in [2.75, 3.05) is 21.3 Å². The summed E-state index contributed by atoms with van der Waals surface area (Å²) in [5.41, 5.74) is 0.970. The monoisotopic (exact) mass is 379 g/mol. The molecule has 0 fully saturated rings. The zero-order chi connectivity index (χ0) is 20.4. The van der Waals surface area contributed by atoms with E-state index in [0.29, 0.717) is 6.42 Å². The summed E-state index contributed by atoms with van der Waals surface area (Å²) in [4.78, 5) is 48.4. The van der Waals surface area contributed by atoms with Crippen molar-refractivity contribution in [3.63, 3.8) is 0 Å². The molecular formula is C19H25NO7. The van der Waals surface area contributed by atoms with Gasteiger partial charge >= 0.3 is 17.9 Å². The summed E-state index contributed by atoms with van der Waals surface area (Å²) in [5.74, 6) is -5.21. The molecule has 2 atom stereocenters. The molecule has 0 aliphatic rings. The molecule has 0 aliphatic heterocycles. The summed E-state index contributed by atoms with van der Waals surface area (Å²) >= 11 is 0. The first kappa shape index (κ1) is 22.1. The van der Waals surface area contributed by atoms with Gasteiger partial charge in [0, 0.05) is 12.3 Å². The molecule has 1 aromatic carbocycles. The molecule has 0 saturated carbocycles. The molecule has 1 rings (SSSR count). The lowest BCUT2D eigenvalue weighted by atomic mass is 9.87. The first-order valence-electron chi connectivity index (χ1n) is 8.42. The molecule has 0 unspecified atom stereocenters. The Morgan fingerprint density at radius 2 is 1.41 bits per heavy atom. The molecule has 8 heteroatoms. The van der Waals surface area contributed by atoms with Gasteiger partial charge in [0.2, 0.25) is 5.91 Å². The molecule has 0 aromatic heterocycles. The first-order chi connectivity index (χ1) is 12.8. The molecular weight excluding hydrogens is 354 g/mol. The number of rotatable bonds is 9. The molecule has 0 radical (unpaired) electrons. The number of ether oxygens (including phenoxy) is 3. The van der Waals surface area contributed by atoms with Crippen LogP contribution in [0.25, 0.3) is 0 Å². The second kappa shape index (κ2) is 10.9. The van der Waals surface area contributed by atoms with E-state index in [1.807, 2.05) is 30.3 Å². The Kier molecular flexibility index (Phi) is 8.98. The number of methoxy groups -OCH3 is 3. The highest BCUT2D eigenvalue weighted by atomic mass is 16.5. The Balaban J connectivity index is 2.89. The van der Waals surface area contributed by atoms with Crippen LogP contribution in [0.5, 0.6) is 0 Å². The number of hydrogen-bond donors (Lipinski definition) is 1. The Labute approximate surface area is 158 Å². The number of carbonyl (C=O) groups excluding carboxylic acids is 4. The minimum atomic E-state index is -1.38. The topological polar surface area (TPSA) is 108 Å². The Morgan fingerprint density at radius 3 is 1.89 bits per heavy atom. The van der Waals surface area contributed by atoms with Crippen molar-refractivity contribution < 1.29 is 33.4 Å². The van der Waals surface area contributed by atoms with Crippen LogP contribution in [-0.4, -0.2) is 51.2 Å². The predicted molar refractivity (Wildman–Crippen MR) is 95.4 cm³/mol. The lowest BCUT2D eigenvalue weighted by Gasteiger charge is -2.27. The van der Waals surface area contributed by atoms with Crippen molar-refractivity contribution in [2.24, 2.45) is 11.8 Å². The number of carbonyl (C=O) groups is 4. The summed E-state index contributed by atoms with van der Waals surface area (Å²) < 4.78 is 14.0.